The lowest BCUT2D eigenvalue weighted by Crippen LogP contribution is -2.46. The van der Waals surface area contributed by atoms with E-state index < -0.39 is 0 Å². The van der Waals surface area contributed by atoms with Crippen molar-refractivity contribution in [2.45, 2.75) is 51.1 Å². The molecule has 0 amide bonds. The monoisotopic (exact) mass is 244 g/mol. The summed E-state index contributed by atoms with van der Waals surface area (Å²) in [5.41, 5.74) is 2.86. The van der Waals surface area contributed by atoms with Crippen LogP contribution in [0.25, 0.3) is 0 Å². The molecule has 1 aliphatic heterocycles. The van der Waals surface area contributed by atoms with Crippen molar-refractivity contribution in [1.82, 2.24) is 5.32 Å². The molecule has 1 saturated carbocycles. The van der Waals surface area contributed by atoms with Gasteiger partial charge in [0.2, 0.25) is 0 Å². The molecule has 1 heterocycles. The Hall–Kier alpha value is -1.02. The summed E-state index contributed by atoms with van der Waals surface area (Å²) in [6.45, 7) is 4.63. The number of nitrogens with one attached hydrogen (secondary N) is 1. The summed E-state index contributed by atoms with van der Waals surface area (Å²) in [4.78, 5) is 2.56. The highest BCUT2D eigenvalue weighted by Crippen LogP contribution is 2.25. The Balaban J connectivity index is 1.66. The van der Waals surface area contributed by atoms with Crippen LogP contribution in [0.1, 0.15) is 38.2 Å². The van der Waals surface area contributed by atoms with Gasteiger partial charge in [-0.15, -0.1) is 0 Å². The standard InChI is InChI=1S/C16H24N2/c1-2-13-5-3-7-16(11-13)18-10-4-6-15(12-18)17-14-8-9-14/h3,5,7,11,14-15,17H,2,4,6,8-10,12H2,1H3. The molecule has 1 saturated heterocycles. The maximum absolute atomic E-state index is 3.78. The first kappa shape index (κ1) is 12.0. The number of aryl methyl sites for hydroxylation is 1. The summed E-state index contributed by atoms with van der Waals surface area (Å²) in [7, 11) is 0. The number of hydrogen-bond donors (Lipinski definition) is 1. The average molecular weight is 244 g/mol. The molecular formula is C16H24N2. The molecule has 0 spiro atoms. The third-order valence-corrected chi connectivity index (χ3v) is 4.15. The number of nitrogens with zero attached hydrogens (tertiary/aromatic N) is 1. The summed E-state index contributed by atoms with van der Waals surface area (Å²) in [6, 6.07) is 10.6. The Labute approximate surface area is 110 Å². The molecule has 0 aromatic heterocycles. The van der Waals surface area contributed by atoms with Crippen molar-refractivity contribution in [3.63, 3.8) is 0 Å². The smallest absolute Gasteiger partial charge is 0.0369 e. The van der Waals surface area contributed by atoms with Crippen LogP contribution in [0.2, 0.25) is 0 Å². The van der Waals surface area contributed by atoms with Gasteiger partial charge in [0.1, 0.15) is 0 Å². The third-order valence-electron chi connectivity index (χ3n) is 4.15. The van der Waals surface area contributed by atoms with Gasteiger partial charge in [-0.2, -0.15) is 0 Å². The van der Waals surface area contributed by atoms with Gasteiger partial charge in [0.05, 0.1) is 0 Å². The van der Waals surface area contributed by atoms with E-state index in [1.165, 1.54) is 50.0 Å². The van der Waals surface area contributed by atoms with Gasteiger partial charge in [-0.05, 0) is 49.8 Å². The second-order valence-electron chi connectivity index (χ2n) is 5.75. The minimum Gasteiger partial charge on any atom is -0.370 e. The van der Waals surface area contributed by atoms with Gasteiger partial charge in [0.15, 0.2) is 0 Å². The first-order valence-corrected chi connectivity index (χ1v) is 7.45. The van der Waals surface area contributed by atoms with Gasteiger partial charge in [-0.3, -0.25) is 0 Å². The second kappa shape index (κ2) is 5.31. The van der Waals surface area contributed by atoms with Crippen LogP contribution >= 0.6 is 0 Å². The largest absolute Gasteiger partial charge is 0.370 e. The summed E-state index contributed by atoms with van der Waals surface area (Å²) in [5.74, 6) is 0. The molecule has 1 aromatic rings. The van der Waals surface area contributed by atoms with E-state index in [4.69, 9.17) is 0 Å². The zero-order valence-electron chi connectivity index (χ0n) is 11.4. The minimum atomic E-state index is 0.705. The zero-order valence-corrected chi connectivity index (χ0v) is 11.4. The van der Waals surface area contributed by atoms with Gasteiger partial charge in [0, 0.05) is 30.9 Å². The molecule has 2 nitrogen and oxygen atoms in total. The molecule has 2 fully saturated rings. The fraction of sp³-hybridized carbons (Fsp3) is 0.625. The number of rotatable bonds is 4. The van der Waals surface area contributed by atoms with Crippen LogP contribution in [-0.4, -0.2) is 25.2 Å². The van der Waals surface area contributed by atoms with Crippen molar-refractivity contribution in [1.29, 1.82) is 0 Å². The lowest BCUT2D eigenvalue weighted by atomic mass is 10.0. The van der Waals surface area contributed by atoms with Gasteiger partial charge in [-0.25, -0.2) is 0 Å². The Bertz CT molecular complexity index is 398. The summed E-state index contributed by atoms with van der Waals surface area (Å²) < 4.78 is 0. The number of piperidine rings is 1. The van der Waals surface area contributed by atoms with E-state index in [-0.39, 0.29) is 0 Å². The Morgan fingerprint density at radius 3 is 2.89 bits per heavy atom. The minimum absolute atomic E-state index is 0.705. The molecule has 98 valence electrons. The van der Waals surface area contributed by atoms with E-state index in [0.717, 1.165) is 12.5 Å². The van der Waals surface area contributed by atoms with E-state index in [1.807, 2.05) is 0 Å². The molecule has 1 aliphatic carbocycles. The predicted octanol–water partition coefficient (Wildman–Crippen LogP) is 2.97. The van der Waals surface area contributed by atoms with Crippen molar-refractivity contribution in [2.24, 2.45) is 0 Å². The van der Waals surface area contributed by atoms with Crippen LogP contribution in [0.4, 0.5) is 5.69 Å². The maximum atomic E-state index is 3.78. The van der Waals surface area contributed by atoms with Crippen molar-refractivity contribution in [3.8, 4) is 0 Å². The van der Waals surface area contributed by atoms with Crippen LogP contribution in [0, 0.1) is 0 Å². The normalized spacial score (nSPS) is 24.3. The number of benzene rings is 1. The molecule has 1 N–H and O–H groups in total. The molecule has 0 radical (unpaired) electrons. The number of hydrogen-bond acceptors (Lipinski definition) is 2. The third kappa shape index (κ3) is 2.86. The van der Waals surface area contributed by atoms with Crippen molar-refractivity contribution < 1.29 is 0 Å². The highest BCUT2D eigenvalue weighted by atomic mass is 15.2. The molecule has 0 bridgehead atoms. The maximum Gasteiger partial charge on any atom is 0.0369 e. The summed E-state index contributed by atoms with van der Waals surface area (Å²) in [6.07, 6.45) is 6.58. The molecular weight excluding hydrogens is 220 g/mol. The van der Waals surface area contributed by atoms with Crippen LogP contribution < -0.4 is 10.2 Å². The molecule has 1 atom stereocenters. The first-order chi connectivity index (χ1) is 8.85. The summed E-state index contributed by atoms with van der Waals surface area (Å²) in [5, 5.41) is 3.78. The van der Waals surface area contributed by atoms with Crippen LogP contribution in [0.3, 0.4) is 0 Å². The number of anilines is 1. The Morgan fingerprint density at radius 2 is 2.11 bits per heavy atom. The lowest BCUT2D eigenvalue weighted by Gasteiger charge is -2.35. The predicted molar refractivity (Wildman–Crippen MR) is 77.2 cm³/mol. The molecule has 1 unspecified atom stereocenters. The Kier molecular flexibility index (Phi) is 3.55. The van der Waals surface area contributed by atoms with Gasteiger partial charge >= 0.3 is 0 Å². The topological polar surface area (TPSA) is 15.3 Å². The van der Waals surface area contributed by atoms with Gasteiger partial charge < -0.3 is 10.2 Å². The summed E-state index contributed by atoms with van der Waals surface area (Å²) >= 11 is 0. The van der Waals surface area contributed by atoms with Crippen molar-refractivity contribution in [3.05, 3.63) is 29.8 Å². The molecule has 3 rings (SSSR count). The second-order valence-corrected chi connectivity index (χ2v) is 5.75. The van der Waals surface area contributed by atoms with E-state index in [2.05, 4.69) is 41.4 Å². The molecule has 1 aromatic carbocycles. The van der Waals surface area contributed by atoms with Gasteiger partial charge in [-0.1, -0.05) is 19.1 Å². The van der Waals surface area contributed by atoms with Crippen molar-refractivity contribution >= 4 is 5.69 Å². The SMILES string of the molecule is CCc1cccc(N2CCCC(NC3CC3)C2)c1. The van der Waals surface area contributed by atoms with E-state index >= 15 is 0 Å². The quantitative estimate of drug-likeness (QED) is 0.876. The molecule has 18 heavy (non-hydrogen) atoms. The zero-order chi connectivity index (χ0) is 12.4. The van der Waals surface area contributed by atoms with Crippen LogP contribution in [0.5, 0.6) is 0 Å². The Morgan fingerprint density at radius 1 is 1.22 bits per heavy atom. The van der Waals surface area contributed by atoms with Gasteiger partial charge in [0.25, 0.3) is 0 Å². The van der Waals surface area contributed by atoms with E-state index in [9.17, 15) is 0 Å². The molecule has 2 heteroatoms. The van der Waals surface area contributed by atoms with E-state index in [0.29, 0.717) is 6.04 Å². The lowest BCUT2D eigenvalue weighted by molar-refractivity contribution is 0.420. The fourth-order valence-corrected chi connectivity index (χ4v) is 2.90. The fourth-order valence-electron chi connectivity index (χ4n) is 2.90. The van der Waals surface area contributed by atoms with E-state index in [1.54, 1.807) is 0 Å². The van der Waals surface area contributed by atoms with Crippen LogP contribution in [0.15, 0.2) is 24.3 Å². The highest BCUT2D eigenvalue weighted by Gasteiger charge is 2.27. The average Bonchev–Trinajstić information content (AvgIpc) is 3.23. The molecule has 2 aliphatic rings. The highest BCUT2D eigenvalue weighted by molar-refractivity contribution is 5.49. The first-order valence-electron chi connectivity index (χ1n) is 7.45. The van der Waals surface area contributed by atoms with Crippen molar-refractivity contribution in [2.75, 3.05) is 18.0 Å². The van der Waals surface area contributed by atoms with Crippen LogP contribution in [-0.2, 0) is 6.42 Å².